The largest absolute Gasteiger partial charge is 0.340 e. The van der Waals surface area contributed by atoms with E-state index in [4.69, 9.17) is 0 Å². The Kier molecular flexibility index (Phi) is 4.71. The lowest BCUT2D eigenvalue weighted by Gasteiger charge is -2.11. The number of rotatable bonds is 4. The summed E-state index contributed by atoms with van der Waals surface area (Å²) in [4.78, 5) is 8.53. The van der Waals surface area contributed by atoms with Gasteiger partial charge in [-0.05, 0) is 37.3 Å². The molecule has 2 aromatic carbocycles. The molecule has 3 rings (SSSR count). The maximum absolute atomic E-state index is 13.8. The number of hydrogen-bond donors (Lipinski definition) is 2. The Balaban J connectivity index is 1.86. The van der Waals surface area contributed by atoms with E-state index in [1.54, 1.807) is 13.0 Å². The minimum absolute atomic E-state index is 0.142. The van der Waals surface area contributed by atoms with Crippen molar-refractivity contribution >= 4 is 38.9 Å². The molecule has 0 saturated heterocycles. The van der Waals surface area contributed by atoms with Crippen molar-refractivity contribution < 1.29 is 8.78 Å². The first kappa shape index (κ1) is 16.3. The fourth-order valence-electron chi connectivity index (χ4n) is 2.14. The van der Waals surface area contributed by atoms with Gasteiger partial charge in [-0.2, -0.15) is 0 Å². The first-order valence-electron chi connectivity index (χ1n) is 7.10. The van der Waals surface area contributed by atoms with Crippen LogP contribution in [0.1, 0.15) is 5.82 Å². The number of benzene rings is 2. The third-order valence-electron chi connectivity index (χ3n) is 3.13. The molecule has 122 valence electrons. The van der Waals surface area contributed by atoms with E-state index < -0.39 is 11.6 Å². The number of hydrogen-bond acceptors (Lipinski definition) is 4. The number of nitrogens with zero attached hydrogens (tertiary/aromatic N) is 2. The summed E-state index contributed by atoms with van der Waals surface area (Å²) in [5, 5.41) is 6.00. The summed E-state index contributed by atoms with van der Waals surface area (Å²) in [5.41, 5.74) is 0.990. The molecule has 1 aromatic heterocycles. The lowest BCUT2D eigenvalue weighted by Crippen LogP contribution is -2.02. The molecule has 0 radical (unpaired) electrons. The van der Waals surface area contributed by atoms with Gasteiger partial charge in [-0.3, -0.25) is 0 Å². The zero-order valence-electron chi connectivity index (χ0n) is 12.6. The second-order valence-electron chi connectivity index (χ2n) is 5.07. The SMILES string of the molecule is Cc1nc(Nc2cccc(Br)c2)cc(Nc2ccc(F)cc2F)n1. The van der Waals surface area contributed by atoms with E-state index >= 15 is 0 Å². The van der Waals surface area contributed by atoms with Gasteiger partial charge in [-0.25, -0.2) is 18.7 Å². The van der Waals surface area contributed by atoms with Crippen LogP contribution in [0.5, 0.6) is 0 Å². The summed E-state index contributed by atoms with van der Waals surface area (Å²) in [7, 11) is 0. The summed E-state index contributed by atoms with van der Waals surface area (Å²) in [6.45, 7) is 1.73. The van der Waals surface area contributed by atoms with Crippen LogP contribution < -0.4 is 10.6 Å². The molecule has 1 heterocycles. The molecule has 0 fully saturated rings. The minimum atomic E-state index is -0.687. The second kappa shape index (κ2) is 6.92. The molecule has 2 N–H and O–H groups in total. The number of nitrogens with one attached hydrogen (secondary N) is 2. The van der Waals surface area contributed by atoms with Crippen molar-refractivity contribution in [1.29, 1.82) is 0 Å². The van der Waals surface area contributed by atoms with E-state index in [1.807, 2.05) is 24.3 Å². The van der Waals surface area contributed by atoms with E-state index in [0.717, 1.165) is 16.2 Å². The van der Waals surface area contributed by atoms with Crippen molar-refractivity contribution in [3.63, 3.8) is 0 Å². The van der Waals surface area contributed by atoms with Gasteiger partial charge in [0, 0.05) is 22.3 Å². The minimum Gasteiger partial charge on any atom is -0.340 e. The first-order valence-corrected chi connectivity index (χ1v) is 7.89. The van der Waals surface area contributed by atoms with Crippen molar-refractivity contribution in [2.75, 3.05) is 10.6 Å². The van der Waals surface area contributed by atoms with Crippen molar-refractivity contribution in [2.45, 2.75) is 6.92 Å². The maximum Gasteiger partial charge on any atom is 0.149 e. The van der Waals surface area contributed by atoms with Crippen LogP contribution in [0.2, 0.25) is 0 Å². The van der Waals surface area contributed by atoms with Gasteiger partial charge in [0.15, 0.2) is 0 Å². The summed E-state index contributed by atoms with van der Waals surface area (Å²) < 4.78 is 27.7. The monoisotopic (exact) mass is 390 g/mol. The van der Waals surface area contributed by atoms with E-state index in [-0.39, 0.29) is 5.69 Å². The zero-order chi connectivity index (χ0) is 17.1. The van der Waals surface area contributed by atoms with Crippen molar-refractivity contribution in [3.8, 4) is 0 Å². The van der Waals surface area contributed by atoms with Crippen molar-refractivity contribution in [2.24, 2.45) is 0 Å². The summed E-state index contributed by atoms with van der Waals surface area (Å²) in [6, 6.07) is 12.6. The average molecular weight is 391 g/mol. The fraction of sp³-hybridized carbons (Fsp3) is 0.0588. The van der Waals surface area contributed by atoms with Crippen LogP contribution in [0.25, 0.3) is 0 Å². The molecule has 0 aliphatic rings. The normalized spacial score (nSPS) is 10.5. The number of aromatic nitrogens is 2. The second-order valence-corrected chi connectivity index (χ2v) is 5.99. The van der Waals surface area contributed by atoms with E-state index in [1.165, 1.54) is 12.1 Å². The predicted octanol–water partition coefficient (Wildman–Crippen LogP) is 5.31. The highest BCUT2D eigenvalue weighted by atomic mass is 79.9. The third kappa shape index (κ3) is 4.05. The van der Waals surface area contributed by atoms with Gasteiger partial charge < -0.3 is 10.6 Å². The molecule has 0 bridgehead atoms. The van der Waals surface area contributed by atoms with Crippen LogP contribution in [-0.4, -0.2) is 9.97 Å². The molecule has 7 heteroatoms. The molecule has 0 atom stereocenters. The molecular formula is C17H13BrF2N4. The first-order chi connectivity index (χ1) is 11.5. The number of aryl methyl sites for hydroxylation is 1. The van der Waals surface area contributed by atoms with Gasteiger partial charge in [0.2, 0.25) is 0 Å². The van der Waals surface area contributed by atoms with Crippen molar-refractivity contribution in [3.05, 3.63) is 70.5 Å². The highest BCUT2D eigenvalue weighted by Crippen LogP contribution is 2.23. The van der Waals surface area contributed by atoms with Gasteiger partial charge in [-0.1, -0.05) is 22.0 Å². The Bertz CT molecular complexity index is 886. The Labute approximate surface area is 146 Å². The molecule has 0 unspecified atom stereocenters. The maximum atomic E-state index is 13.8. The zero-order valence-corrected chi connectivity index (χ0v) is 14.2. The van der Waals surface area contributed by atoms with Gasteiger partial charge in [-0.15, -0.1) is 0 Å². The average Bonchev–Trinajstić information content (AvgIpc) is 2.49. The molecule has 0 aliphatic heterocycles. The quantitative estimate of drug-likeness (QED) is 0.633. The van der Waals surface area contributed by atoms with E-state index in [2.05, 4.69) is 36.5 Å². The molecule has 0 amide bonds. The lowest BCUT2D eigenvalue weighted by molar-refractivity contribution is 0.586. The molecule has 0 spiro atoms. The summed E-state index contributed by atoms with van der Waals surface area (Å²) in [5.74, 6) is 0.165. The number of anilines is 4. The molecular weight excluding hydrogens is 378 g/mol. The number of halogens is 3. The predicted molar refractivity (Wildman–Crippen MR) is 93.8 cm³/mol. The Morgan fingerprint density at radius 3 is 2.38 bits per heavy atom. The summed E-state index contributed by atoms with van der Waals surface area (Å²) >= 11 is 3.41. The topological polar surface area (TPSA) is 49.8 Å². The van der Waals surface area contributed by atoms with Crippen molar-refractivity contribution in [1.82, 2.24) is 9.97 Å². The van der Waals surface area contributed by atoms with Crippen LogP contribution in [0.4, 0.5) is 31.8 Å². The lowest BCUT2D eigenvalue weighted by atomic mass is 10.3. The highest BCUT2D eigenvalue weighted by Gasteiger charge is 2.07. The molecule has 24 heavy (non-hydrogen) atoms. The van der Waals surface area contributed by atoms with Crippen LogP contribution in [0.15, 0.2) is 53.0 Å². The van der Waals surface area contributed by atoms with Crippen LogP contribution in [0, 0.1) is 18.6 Å². The molecule has 0 aliphatic carbocycles. The van der Waals surface area contributed by atoms with Crippen LogP contribution in [0.3, 0.4) is 0 Å². The van der Waals surface area contributed by atoms with Crippen LogP contribution in [-0.2, 0) is 0 Å². The summed E-state index contributed by atoms with van der Waals surface area (Å²) in [6.07, 6.45) is 0. The Morgan fingerprint density at radius 2 is 1.67 bits per heavy atom. The standard InChI is InChI=1S/C17H13BrF2N4/c1-10-21-16(23-13-4-2-3-11(18)7-13)9-17(22-10)24-15-6-5-12(19)8-14(15)20/h2-9H,1H3,(H2,21,22,23,24). The molecule has 0 saturated carbocycles. The fourth-order valence-corrected chi connectivity index (χ4v) is 2.54. The van der Waals surface area contributed by atoms with Gasteiger partial charge in [0.05, 0.1) is 5.69 Å². The van der Waals surface area contributed by atoms with Crippen LogP contribution >= 0.6 is 15.9 Å². The van der Waals surface area contributed by atoms with Gasteiger partial charge in [0.25, 0.3) is 0 Å². The Hall–Kier alpha value is -2.54. The van der Waals surface area contributed by atoms with E-state index in [0.29, 0.717) is 17.5 Å². The van der Waals surface area contributed by atoms with E-state index in [9.17, 15) is 8.78 Å². The van der Waals surface area contributed by atoms with Gasteiger partial charge >= 0.3 is 0 Å². The van der Waals surface area contributed by atoms with Gasteiger partial charge in [0.1, 0.15) is 29.1 Å². The molecule has 4 nitrogen and oxygen atoms in total. The smallest absolute Gasteiger partial charge is 0.149 e. The Morgan fingerprint density at radius 1 is 0.917 bits per heavy atom. The third-order valence-corrected chi connectivity index (χ3v) is 3.62. The highest BCUT2D eigenvalue weighted by molar-refractivity contribution is 9.10. The molecule has 3 aromatic rings.